The van der Waals surface area contributed by atoms with Gasteiger partial charge in [0, 0.05) is 5.92 Å². The van der Waals surface area contributed by atoms with Crippen LogP contribution in [0.5, 0.6) is 0 Å². The number of carbonyl (C=O) groups is 1. The molecular formula is C28H44O2. The highest BCUT2D eigenvalue weighted by atomic mass is 16.3. The minimum atomic E-state index is -0.160. The summed E-state index contributed by atoms with van der Waals surface area (Å²) in [7, 11) is 0. The lowest BCUT2D eigenvalue weighted by Gasteiger charge is -2.69. The van der Waals surface area contributed by atoms with Crippen molar-refractivity contribution in [3.63, 3.8) is 0 Å². The van der Waals surface area contributed by atoms with Crippen LogP contribution < -0.4 is 0 Å². The van der Waals surface area contributed by atoms with E-state index in [0.29, 0.717) is 28.4 Å². The van der Waals surface area contributed by atoms with Crippen molar-refractivity contribution >= 4 is 5.78 Å². The summed E-state index contributed by atoms with van der Waals surface area (Å²) in [6.45, 7) is 14.8. The van der Waals surface area contributed by atoms with Crippen molar-refractivity contribution in [3.05, 3.63) is 11.6 Å². The van der Waals surface area contributed by atoms with E-state index in [9.17, 15) is 9.90 Å². The van der Waals surface area contributed by atoms with Crippen molar-refractivity contribution in [2.24, 2.45) is 44.8 Å². The number of hydrogen-bond donors (Lipinski definition) is 1. The number of carbonyl (C=O) groups excluding carboxylic acids is 1. The Bertz CT molecular complexity index is 794. The Labute approximate surface area is 184 Å². The molecule has 5 rings (SSSR count). The lowest BCUT2D eigenvalue weighted by atomic mass is 9.35. The van der Waals surface area contributed by atoms with Crippen molar-refractivity contribution in [2.45, 2.75) is 112 Å². The Hall–Kier alpha value is -0.630. The van der Waals surface area contributed by atoms with Gasteiger partial charge < -0.3 is 5.11 Å². The zero-order valence-electron chi connectivity index (χ0n) is 20.3. The second-order valence-electron chi connectivity index (χ2n) is 13.9. The first-order chi connectivity index (χ1) is 13.8. The Morgan fingerprint density at radius 3 is 2.33 bits per heavy atom. The third kappa shape index (κ3) is 2.61. The number of ketones is 1. The Kier molecular flexibility index (Phi) is 4.41. The molecule has 8 atom stereocenters. The van der Waals surface area contributed by atoms with Gasteiger partial charge in [-0.25, -0.2) is 0 Å². The van der Waals surface area contributed by atoms with E-state index in [0.717, 1.165) is 25.7 Å². The lowest BCUT2D eigenvalue weighted by molar-refractivity contribution is -0.175. The van der Waals surface area contributed by atoms with Crippen LogP contribution in [0.2, 0.25) is 0 Å². The summed E-state index contributed by atoms with van der Waals surface area (Å²) >= 11 is 0. The summed E-state index contributed by atoms with van der Waals surface area (Å²) in [5.41, 5.74) is 2.55. The maximum absolute atomic E-state index is 14.0. The first-order valence-electron chi connectivity index (χ1n) is 12.8. The number of hydrogen-bond acceptors (Lipinski definition) is 2. The van der Waals surface area contributed by atoms with Crippen LogP contribution in [0.3, 0.4) is 0 Å². The van der Waals surface area contributed by atoms with Crippen LogP contribution in [0.25, 0.3) is 0 Å². The summed E-state index contributed by atoms with van der Waals surface area (Å²) in [5.74, 6) is 1.64. The van der Waals surface area contributed by atoms with E-state index >= 15 is 0 Å². The molecule has 0 aromatic rings. The number of aliphatic hydroxyl groups excluding tert-OH is 1. The van der Waals surface area contributed by atoms with Gasteiger partial charge in [-0.15, -0.1) is 0 Å². The molecule has 0 radical (unpaired) electrons. The predicted octanol–water partition coefficient (Wildman–Crippen LogP) is 6.71. The molecule has 4 fully saturated rings. The summed E-state index contributed by atoms with van der Waals surface area (Å²) in [6.07, 6.45) is 13.6. The summed E-state index contributed by atoms with van der Waals surface area (Å²) < 4.78 is 0. The maximum atomic E-state index is 14.0. The van der Waals surface area contributed by atoms with Gasteiger partial charge in [-0.1, -0.05) is 47.1 Å². The average molecular weight is 413 g/mol. The summed E-state index contributed by atoms with van der Waals surface area (Å²) in [5, 5.41) is 10.3. The maximum Gasteiger partial charge on any atom is 0.159 e. The van der Waals surface area contributed by atoms with Gasteiger partial charge in [0.15, 0.2) is 5.78 Å². The van der Waals surface area contributed by atoms with E-state index in [1.54, 1.807) is 0 Å². The molecule has 0 aromatic carbocycles. The zero-order chi connectivity index (χ0) is 21.7. The van der Waals surface area contributed by atoms with Gasteiger partial charge in [-0.05, 0) is 109 Å². The molecule has 0 unspecified atom stereocenters. The van der Waals surface area contributed by atoms with Crippen LogP contribution in [-0.4, -0.2) is 17.0 Å². The van der Waals surface area contributed by atoms with E-state index in [2.05, 4.69) is 47.6 Å². The molecule has 30 heavy (non-hydrogen) atoms. The fourth-order valence-electron chi connectivity index (χ4n) is 9.46. The number of fused-ring (bicyclic) bond motifs is 7. The van der Waals surface area contributed by atoms with E-state index in [1.165, 1.54) is 44.1 Å². The SMILES string of the molecule is CC1(C)CC[C@]2(C)CC[C@]3(C)C(=CC(=O)[C@@H]4[C@@]5(C)CC[C@H](O)C[C@@H]5CC[C@]43C)[C@@H]2C1. The van der Waals surface area contributed by atoms with Crippen LogP contribution in [0.1, 0.15) is 106 Å². The highest BCUT2D eigenvalue weighted by molar-refractivity contribution is 5.95. The largest absolute Gasteiger partial charge is 0.393 e. The van der Waals surface area contributed by atoms with Crippen LogP contribution in [0, 0.1) is 44.8 Å². The van der Waals surface area contributed by atoms with Gasteiger partial charge in [-0.2, -0.15) is 0 Å². The first kappa shape index (κ1) is 21.2. The number of aliphatic hydroxyl groups is 1. The minimum Gasteiger partial charge on any atom is -0.393 e. The van der Waals surface area contributed by atoms with Crippen molar-refractivity contribution in [2.75, 3.05) is 0 Å². The van der Waals surface area contributed by atoms with Gasteiger partial charge >= 0.3 is 0 Å². The molecule has 168 valence electrons. The predicted molar refractivity (Wildman–Crippen MR) is 122 cm³/mol. The average Bonchev–Trinajstić information content (AvgIpc) is 2.65. The number of rotatable bonds is 0. The molecule has 0 saturated heterocycles. The molecule has 0 aliphatic heterocycles. The summed E-state index contributed by atoms with van der Waals surface area (Å²) in [4.78, 5) is 14.0. The van der Waals surface area contributed by atoms with Crippen LogP contribution >= 0.6 is 0 Å². The fraction of sp³-hybridized carbons (Fsp3) is 0.893. The second kappa shape index (κ2) is 6.24. The van der Waals surface area contributed by atoms with Crippen LogP contribution in [0.15, 0.2) is 11.6 Å². The molecule has 4 saturated carbocycles. The topological polar surface area (TPSA) is 37.3 Å². The molecule has 0 amide bonds. The van der Waals surface area contributed by atoms with E-state index in [4.69, 9.17) is 0 Å². The Morgan fingerprint density at radius 1 is 0.900 bits per heavy atom. The second-order valence-corrected chi connectivity index (χ2v) is 13.9. The molecule has 2 heteroatoms. The van der Waals surface area contributed by atoms with Crippen molar-refractivity contribution < 1.29 is 9.90 Å². The molecule has 5 aliphatic carbocycles. The summed E-state index contributed by atoms with van der Waals surface area (Å²) in [6, 6.07) is 0. The van der Waals surface area contributed by atoms with Gasteiger partial charge in [-0.3, -0.25) is 4.79 Å². The lowest BCUT2D eigenvalue weighted by Crippen LogP contribution is -2.64. The zero-order valence-corrected chi connectivity index (χ0v) is 20.3. The monoisotopic (exact) mass is 412 g/mol. The highest BCUT2D eigenvalue weighted by Gasteiger charge is 2.68. The van der Waals surface area contributed by atoms with Crippen LogP contribution in [0.4, 0.5) is 0 Å². The quantitative estimate of drug-likeness (QED) is 0.480. The van der Waals surface area contributed by atoms with Crippen molar-refractivity contribution in [1.82, 2.24) is 0 Å². The van der Waals surface area contributed by atoms with Crippen molar-refractivity contribution in [1.29, 1.82) is 0 Å². The van der Waals surface area contributed by atoms with Crippen molar-refractivity contribution in [3.8, 4) is 0 Å². The van der Waals surface area contributed by atoms with E-state index in [1.807, 2.05) is 0 Å². The smallest absolute Gasteiger partial charge is 0.159 e. The van der Waals surface area contributed by atoms with Gasteiger partial charge in [0.2, 0.25) is 0 Å². The number of allylic oxidation sites excluding steroid dienone is 2. The first-order valence-corrected chi connectivity index (χ1v) is 12.8. The molecule has 0 bridgehead atoms. The molecule has 0 aromatic heterocycles. The molecular weight excluding hydrogens is 368 g/mol. The third-order valence-electron chi connectivity index (χ3n) is 11.8. The van der Waals surface area contributed by atoms with E-state index in [-0.39, 0.29) is 28.3 Å². The molecule has 5 aliphatic rings. The molecule has 0 spiro atoms. The molecule has 1 N–H and O–H groups in total. The Morgan fingerprint density at radius 2 is 1.60 bits per heavy atom. The molecule has 0 heterocycles. The molecule has 2 nitrogen and oxygen atoms in total. The van der Waals surface area contributed by atoms with E-state index < -0.39 is 0 Å². The Balaban J connectivity index is 1.61. The van der Waals surface area contributed by atoms with Gasteiger partial charge in [0.25, 0.3) is 0 Å². The minimum absolute atomic E-state index is 0.0565. The third-order valence-corrected chi connectivity index (χ3v) is 11.8. The highest BCUT2D eigenvalue weighted by Crippen LogP contribution is 2.73. The van der Waals surface area contributed by atoms with Gasteiger partial charge in [0.1, 0.15) is 0 Å². The normalized spacial score (nSPS) is 54.9. The van der Waals surface area contributed by atoms with Crippen LogP contribution in [-0.2, 0) is 4.79 Å². The fourth-order valence-corrected chi connectivity index (χ4v) is 9.46. The van der Waals surface area contributed by atoms with Gasteiger partial charge in [0.05, 0.1) is 6.10 Å². The standard InChI is InChI=1S/C28H44O2/c1-24(2)11-12-25(3)13-14-27(5)20(21(25)17-24)16-22(30)23-26(4)9-8-19(29)15-18(26)7-10-28(23,27)6/h16,18-19,21,23,29H,7-15,17H2,1-6H3/t18-,19-,21-,23+,25+,26-,27+,28+/m0/s1.